The standard InChI is InChI=1S/C11H18.C2H6/c1-9-5-7-10(8-6-9)11(2,3)4;1-2/h5,7H,6,8H2,1-4H3;1-2H3. The van der Waals surface area contributed by atoms with E-state index in [2.05, 4.69) is 39.8 Å². The summed E-state index contributed by atoms with van der Waals surface area (Å²) in [5.41, 5.74) is 3.47. The summed E-state index contributed by atoms with van der Waals surface area (Å²) in [5.74, 6) is 0. The third-order valence-corrected chi connectivity index (χ3v) is 2.32. The van der Waals surface area contributed by atoms with Crippen LogP contribution in [0.4, 0.5) is 0 Å². The van der Waals surface area contributed by atoms with Crippen molar-refractivity contribution in [1.82, 2.24) is 0 Å². The van der Waals surface area contributed by atoms with Crippen molar-refractivity contribution < 1.29 is 0 Å². The highest BCUT2D eigenvalue weighted by molar-refractivity contribution is 5.26. The maximum Gasteiger partial charge on any atom is -0.0170 e. The SMILES string of the molecule is CC.CC1=CC=C(C(C)(C)C)CC1. The van der Waals surface area contributed by atoms with Crippen LogP contribution in [0.2, 0.25) is 0 Å². The summed E-state index contributed by atoms with van der Waals surface area (Å²) in [7, 11) is 0. The Hall–Kier alpha value is -0.520. The van der Waals surface area contributed by atoms with Crippen LogP contribution in [0.25, 0.3) is 0 Å². The molecule has 1 rings (SSSR count). The predicted octanol–water partition coefficient (Wildman–Crippen LogP) is 4.73. The van der Waals surface area contributed by atoms with Crippen molar-refractivity contribution in [1.29, 1.82) is 0 Å². The van der Waals surface area contributed by atoms with Gasteiger partial charge in [0.25, 0.3) is 0 Å². The third-order valence-electron chi connectivity index (χ3n) is 2.32. The molecule has 0 atom stereocenters. The quantitative estimate of drug-likeness (QED) is 0.506. The van der Waals surface area contributed by atoms with Gasteiger partial charge in [-0.2, -0.15) is 0 Å². The molecule has 13 heavy (non-hydrogen) atoms. The summed E-state index contributed by atoms with van der Waals surface area (Å²) in [4.78, 5) is 0. The van der Waals surface area contributed by atoms with Crippen molar-refractivity contribution in [3.05, 3.63) is 23.3 Å². The van der Waals surface area contributed by atoms with E-state index < -0.39 is 0 Å². The van der Waals surface area contributed by atoms with Crippen LogP contribution in [-0.4, -0.2) is 0 Å². The van der Waals surface area contributed by atoms with Crippen LogP contribution in [0, 0.1) is 5.41 Å². The van der Waals surface area contributed by atoms with Gasteiger partial charge in [-0.05, 0) is 25.2 Å². The Balaban J connectivity index is 0.000000671. The van der Waals surface area contributed by atoms with Crippen molar-refractivity contribution in [2.75, 3.05) is 0 Å². The molecule has 0 saturated carbocycles. The Morgan fingerprint density at radius 3 is 1.85 bits per heavy atom. The average Bonchev–Trinajstić information content (AvgIpc) is 2.07. The van der Waals surface area contributed by atoms with Gasteiger partial charge in [-0.3, -0.25) is 0 Å². The molecule has 0 nitrogen and oxygen atoms in total. The number of hydrogen-bond acceptors (Lipinski definition) is 0. The lowest BCUT2D eigenvalue weighted by Gasteiger charge is -2.25. The van der Waals surface area contributed by atoms with Crippen LogP contribution >= 0.6 is 0 Å². The van der Waals surface area contributed by atoms with Crippen molar-refractivity contribution in [3.63, 3.8) is 0 Å². The molecular formula is C13H24. The summed E-state index contributed by atoms with van der Waals surface area (Å²) in [6.45, 7) is 13.1. The van der Waals surface area contributed by atoms with E-state index in [4.69, 9.17) is 0 Å². The van der Waals surface area contributed by atoms with Crippen molar-refractivity contribution in [2.45, 2.75) is 54.4 Å². The van der Waals surface area contributed by atoms with E-state index in [1.165, 1.54) is 18.4 Å². The van der Waals surface area contributed by atoms with E-state index in [1.54, 1.807) is 5.57 Å². The molecule has 0 N–H and O–H groups in total. The van der Waals surface area contributed by atoms with Gasteiger partial charge in [0.2, 0.25) is 0 Å². The van der Waals surface area contributed by atoms with Crippen LogP contribution < -0.4 is 0 Å². The molecule has 0 radical (unpaired) electrons. The highest BCUT2D eigenvalue weighted by Gasteiger charge is 2.17. The lowest BCUT2D eigenvalue weighted by Crippen LogP contribution is -2.10. The second-order valence-electron chi connectivity index (χ2n) is 4.45. The Kier molecular flexibility index (Phi) is 5.05. The van der Waals surface area contributed by atoms with E-state index >= 15 is 0 Å². The van der Waals surface area contributed by atoms with Crippen LogP contribution in [0.5, 0.6) is 0 Å². The highest BCUT2D eigenvalue weighted by Crippen LogP contribution is 2.32. The molecule has 0 saturated heterocycles. The minimum Gasteiger partial charge on any atom is -0.0730 e. The molecule has 0 aromatic heterocycles. The maximum atomic E-state index is 2.29. The molecule has 0 spiro atoms. The molecule has 0 bridgehead atoms. The van der Waals surface area contributed by atoms with E-state index in [1.807, 2.05) is 13.8 Å². The molecule has 1 aliphatic rings. The smallest absolute Gasteiger partial charge is 0.0170 e. The van der Waals surface area contributed by atoms with Crippen LogP contribution in [-0.2, 0) is 0 Å². The van der Waals surface area contributed by atoms with Gasteiger partial charge in [0.15, 0.2) is 0 Å². The van der Waals surface area contributed by atoms with E-state index in [0.717, 1.165) is 0 Å². The van der Waals surface area contributed by atoms with Crippen molar-refractivity contribution in [2.24, 2.45) is 5.41 Å². The van der Waals surface area contributed by atoms with E-state index in [9.17, 15) is 0 Å². The zero-order valence-corrected chi connectivity index (χ0v) is 10.1. The average molecular weight is 180 g/mol. The number of rotatable bonds is 0. The van der Waals surface area contributed by atoms with Gasteiger partial charge in [-0.1, -0.05) is 57.9 Å². The first-order valence-corrected chi connectivity index (χ1v) is 5.37. The second-order valence-corrected chi connectivity index (χ2v) is 4.45. The van der Waals surface area contributed by atoms with Crippen LogP contribution in [0.3, 0.4) is 0 Å². The summed E-state index contributed by atoms with van der Waals surface area (Å²) in [5, 5.41) is 0. The second kappa shape index (κ2) is 5.26. The van der Waals surface area contributed by atoms with Gasteiger partial charge in [0.1, 0.15) is 0 Å². The van der Waals surface area contributed by atoms with Gasteiger partial charge in [0.05, 0.1) is 0 Å². The Labute approximate surface area is 83.7 Å². The Morgan fingerprint density at radius 2 is 1.54 bits per heavy atom. The summed E-state index contributed by atoms with van der Waals surface area (Å²) in [6.07, 6.45) is 7.05. The first kappa shape index (κ1) is 12.5. The van der Waals surface area contributed by atoms with Gasteiger partial charge >= 0.3 is 0 Å². The van der Waals surface area contributed by atoms with Gasteiger partial charge < -0.3 is 0 Å². The van der Waals surface area contributed by atoms with E-state index in [-0.39, 0.29) is 0 Å². The van der Waals surface area contributed by atoms with Crippen LogP contribution in [0.15, 0.2) is 23.3 Å². The highest BCUT2D eigenvalue weighted by atomic mass is 14.2. The monoisotopic (exact) mass is 180 g/mol. The topological polar surface area (TPSA) is 0 Å². The molecule has 0 aliphatic heterocycles. The molecule has 0 heterocycles. The molecule has 0 aromatic carbocycles. The molecule has 0 fully saturated rings. The molecular weight excluding hydrogens is 156 g/mol. The molecule has 0 aromatic rings. The zero-order valence-electron chi connectivity index (χ0n) is 10.1. The maximum absolute atomic E-state index is 2.29. The molecule has 0 amide bonds. The third kappa shape index (κ3) is 4.31. The first-order chi connectivity index (χ1) is 6.00. The van der Waals surface area contributed by atoms with Gasteiger partial charge in [-0.15, -0.1) is 0 Å². The minimum atomic E-state index is 0.372. The fourth-order valence-electron chi connectivity index (χ4n) is 1.37. The summed E-state index contributed by atoms with van der Waals surface area (Å²) < 4.78 is 0. The van der Waals surface area contributed by atoms with E-state index in [0.29, 0.717) is 5.41 Å². The van der Waals surface area contributed by atoms with Crippen molar-refractivity contribution in [3.8, 4) is 0 Å². The number of hydrogen-bond donors (Lipinski definition) is 0. The lowest BCUT2D eigenvalue weighted by atomic mass is 9.81. The number of allylic oxidation sites excluding steroid dienone is 4. The largest absolute Gasteiger partial charge is 0.0730 e. The predicted molar refractivity (Wildman–Crippen MR) is 61.9 cm³/mol. The molecule has 0 heteroatoms. The molecule has 1 aliphatic carbocycles. The summed E-state index contributed by atoms with van der Waals surface area (Å²) in [6, 6.07) is 0. The fraction of sp³-hybridized carbons (Fsp3) is 0.692. The minimum absolute atomic E-state index is 0.372. The van der Waals surface area contributed by atoms with Gasteiger partial charge in [0, 0.05) is 0 Å². The fourth-order valence-corrected chi connectivity index (χ4v) is 1.37. The lowest BCUT2D eigenvalue weighted by molar-refractivity contribution is 0.479. The van der Waals surface area contributed by atoms with Crippen LogP contribution in [0.1, 0.15) is 54.4 Å². The summed E-state index contributed by atoms with van der Waals surface area (Å²) >= 11 is 0. The first-order valence-electron chi connectivity index (χ1n) is 5.37. The molecule has 0 unspecified atom stereocenters. The zero-order chi connectivity index (χ0) is 10.5. The normalized spacial score (nSPS) is 16.8. The Morgan fingerprint density at radius 1 is 1.00 bits per heavy atom. The molecule has 76 valence electrons. The van der Waals surface area contributed by atoms with Gasteiger partial charge in [-0.25, -0.2) is 0 Å². The Bertz CT molecular complexity index is 199. The van der Waals surface area contributed by atoms with Crippen molar-refractivity contribution >= 4 is 0 Å².